The van der Waals surface area contributed by atoms with Crippen LogP contribution in [0.4, 0.5) is 0 Å². The lowest BCUT2D eigenvalue weighted by atomic mass is 10.2. The number of hydrogen-bond acceptors (Lipinski definition) is 3. The Bertz CT molecular complexity index is 469. The van der Waals surface area contributed by atoms with Crippen LogP contribution < -0.4 is 10.0 Å². The average Bonchev–Trinajstić information content (AvgIpc) is 2.24. The number of likely N-dealkylation sites (N-methyl/N-ethyl adjacent to an activating group) is 1. The van der Waals surface area contributed by atoms with Gasteiger partial charge in [-0.2, -0.15) is 0 Å². The second-order valence-corrected chi connectivity index (χ2v) is 5.76. The summed E-state index contributed by atoms with van der Waals surface area (Å²) in [6, 6.07) is 5.34. The van der Waals surface area contributed by atoms with Crippen LogP contribution in [0.25, 0.3) is 0 Å². The van der Waals surface area contributed by atoms with Crippen LogP contribution in [0.1, 0.15) is 18.1 Å². The van der Waals surface area contributed by atoms with Gasteiger partial charge in [0, 0.05) is 13.1 Å². The lowest BCUT2D eigenvalue weighted by Crippen LogP contribution is -2.32. The summed E-state index contributed by atoms with van der Waals surface area (Å²) in [5.74, 6) is 0. The fraction of sp³-hybridized carbons (Fsp3) is 0.500. The van der Waals surface area contributed by atoms with Crippen LogP contribution in [-0.4, -0.2) is 28.1 Å². The van der Waals surface area contributed by atoms with Crippen molar-refractivity contribution in [3.05, 3.63) is 29.3 Å². The standard InChI is InChI=1S/C12H20N2O2S/c1-4-13-7-8-14-17(15,16)12-6-5-10(2)9-11(12)3/h5-6,9,13-14H,4,7-8H2,1-3H3. The third-order valence-electron chi connectivity index (χ3n) is 2.46. The van der Waals surface area contributed by atoms with Gasteiger partial charge in [-0.25, -0.2) is 13.1 Å². The van der Waals surface area contributed by atoms with Crippen LogP contribution in [0.2, 0.25) is 0 Å². The van der Waals surface area contributed by atoms with Crippen LogP contribution in [-0.2, 0) is 10.0 Å². The van der Waals surface area contributed by atoms with E-state index in [0.717, 1.165) is 17.7 Å². The summed E-state index contributed by atoms with van der Waals surface area (Å²) in [5, 5.41) is 3.07. The third kappa shape index (κ3) is 4.11. The van der Waals surface area contributed by atoms with Gasteiger partial charge >= 0.3 is 0 Å². The first-order valence-corrected chi connectivity index (χ1v) is 7.23. The summed E-state index contributed by atoms with van der Waals surface area (Å²) in [6.45, 7) is 7.63. The van der Waals surface area contributed by atoms with Crippen LogP contribution in [0.5, 0.6) is 0 Å². The molecule has 0 aliphatic heterocycles. The molecule has 1 rings (SSSR count). The van der Waals surface area contributed by atoms with E-state index in [2.05, 4.69) is 10.0 Å². The molecule has 0 aliphatic carbocycles. The van der Waals surface area contributed by atoms with Gasteiger partial charge in [-0.1, -0.05) is 24.6 Å². The lowest BCUT2D eigenvalue weighted by molar-refractivity contribution is 0.577. The second-order valence-electron chi connectivity index (χ2n) is 4.02. The highest BCUT2D eigenvalue weighted by molar-refractivity contribution is 7.89. The van der Waals surface area contributed by atoms with Crippen LogP contribution >= 0.6 is 0 Å². The Hall–Kier alpha value is -0.910. The summed E-state index contributed by atoms with van der Waals surface area (Å²) in [7, 11) is -3.38. The van der Waals surface area contributed by atoms with E-state index in [4.69, 9.17) is 0 Å². The molecule has 17 heavy (non-hydrogen) atoms. The molecule has 0 aromatic heterocycles. The van der Waals surface area contributed by atoms with E-state index < -0.39 is 10.0 Å². The topological polar surface area (TPSA) is 58.2 Å². The highest BCUT2D eigenvalue weighted by atomic mass is 32.2. The number of benzene rings is 1. The minimum absolute atomic E-state index is 0.361. The lowest BCUT2D eigenvalue weighted by Gasteiger charge is -2.10. The second kappa shape index (κ2) is 6.14. The Balaban J connectivity index is 2.76. The fourth-order valence-corrected chi connectivity index (χ4v) is 2.89. The van der Waals surface area contributed by atoms with E-state index in [-0.39, 0.29) is 0 Å². The van der Waals surface area contributed by atoms with Gasteiger partial charge in [0.2, 0.25) is 10.0 Å². The summed E-state index contributed by atoms with van der Waals surface area (Å²) in [6.07, 6.45) is 0. The largest absolute Gasteiger partial charge is 0.316 e. The predicted octanol–water partition coefficient (Wildman–Crippen LogP) is 1.19. The van der Waals surface area contributed by atoms with E-state index in [0.29, 0.717) is 18.0 Å². The molecule has 0 radical (unpaired) electrons. The normalized spacial score (nSPS) is 11.7. The van der Waals surface area contributed by atoms with Crippen molar-refractivity contribution >= 4 is 10.0 Å². The molecule has 0 fully saturated rings. The highest BCUT2D eigenvalue weighted by Gasteiger charge is 2.15. The Morgan fingerprint density at radius 2 is 1.88 bits per heavy atom. The molecule has 5 heteroatoms. The summed E-state index contributed by atoms with van der Waals surface area (Å²) >= 11 is 0. The highest BCUT2D eigenvalue weighted by Crippen LogP contribution is 2.15. The van der Waals surface area contributed by atoms with E-state index in [1.165, 1.54) is 0 Å². The Kier molecular flexibility index (Phi) is 5.11. The molecule has 0 saturated carbocycles. The molecule has 4 nitrogen and oxygen atoms in total. The average molecular weight is 256 g/mol. The molecular weight excluding hydrogens is 236 g/mol. The minimum Gasteiger partial charge on any atom is -0.316 e. The van der Waals surface area contributed by atoms with Gasteiger partial charge in [-0.3, -0.25) is 0 Å². The maximum atomic E-state index is 12.0. The smallest absolute Gasteiger partial charge is 0.240 e. The molecule has 96 valence electrons. The van der Waals surface area contributed by atoms with Crippen molar-refractivity contribution in [1.82, 2.24) is 10.0 Å². The Labute approximate surface area is 103 Å². The molecule has 0 unspecified atom stereocenters. The van der Waals surface area contributed by atoms with E-state index in [1.807, 2.05) is 32.9 Å². The minimum atomic E-state index is -3.38. The predicted molar refractivity (Wildman–Crippen MR) is 69.6 cm³/mol. The zero-order valence-electron chi connectivity index (χ0n) is 10.6. The molecule has 1 aromatic carbocycles. The van der Waals surface area contributed by atoms with Crippen molar-refractivity contribution in [2.24, 2.45) is 0 Å². The summed E-state index contributed by atoms with van der Waals surface area (Å²) in [4.78, 5) is 0.361. The van der Waals surface area contributed by atoms with Gasteiger partial charge in [0.05, 0.1) is 4.90 Å². The number of sulfonamides is 1. The SMILES string of the molecule is CCNCCNS(=O)(=O)c1ccc(C)cc1C. The van der Waals surface area contributed by atoms with Crippen molar-refractivity contribution in [2.45, 2.75) is 25.7 Å². The van der Waals surface area contributed by atoms with Crippen LogP contribution in [0.15, 0.2) is 23.1 Å². The van der Waals surface area contributed by atoms with E-state index in [1.54, 1.807) is 6.07 Å². The molecule has 0 amide bonds. The third-order valence-corrected chi connectivity index (χ3v) is 4.09. The quantitative estimate of drug-likeness (QED) is 0.752. The monoisotopic (exact) mass is 256 g/mol. The maximum Gasteiger partial charge on any atom is 0.240 e. The number of rotatable bonds is 6. The van der Waals surface area contributed by atoms with Gasteiger partial charge in [0.15, 0.2) is 0 Å². The van der Waals surface area contributed by atoms with Gasteiger partial charge in [-0.05, 0) is 32.0 Å². The Morgan fingerprint density at radius 3 is 2.47 bits per heavy atom. The molecule has 0 heterocycles. The van der Waals surface area contributed by atoms with E-state index in [9.17, 15) is 8.42 Å². The molecule has 0 saturated heterocycles. The number of nitrogens with one attached hydrogen (secondary N) is 2. The maximum absolute atomic E-state index is 12.0. The van der Waals surface area contributed by atoms with Crippen molar-refractivity contribution in [3.8, 4) is 0 Å². The molecule has 0 aliphatic rings. The number of hydrogen-bond donors (Lipinski definition) is 2. The van der Waals surface area contributed by atoms with Gasteiger partial charge < -0.3 is 5.32 Å². The van der Waals surface area contributed by atoms with Crippen LogP contribution in [0, 0.1) is 13.8 Å². The van der Waals surface area contributed by atoms with Crippen molar-refractivity contribution in [3.63, 3.8) is 0 Å². The summed E-state index contributed by atoms with van der Waals surface area (Å²) < 4.78 is 26.6. The van der Waals surface area contributed by atoms with Gasteiger partial charge in [0.1, 0.15) is 0 Å². The van der Waals surface area contributed by atoms with Crippen LogP contribution in [0.3, 0.4) is 0 Å². The van der Waals surface area contributed by atoms with Gasteiger partial charge in [-0.15, -0.1) is 0 Å². The molecule has 2 N–H and O–H groups in total. The summed E-state index contributed by atoms with van der Waals surface area (Å²) in [5.41, 5.74) is 1.84. The molecule has 1 aromatic rings. The van der Waals surface area contributed by atoms with E-state index >= 15 is 0 Å². The van der Waals surface area contributed by atoms with Crippen molar-refractivity contribution < 1.29 is 8.42 Å². The van der Waals surface area contributed by atoms with Gasteiger partial charge in [0.25, 0.3) is 0 Å². The first-order chi connectivity index (χ1) is 7.97. The zero-order valence-corrected chi connectivity index (χ0v) is 11.4. The molecular formula is C12H20N2O2S. The first kappa shape index (κ1) is 14.2. The van der Waals surface area contributed by atoms with Crippen molar-refractivity contribution in [2.75, 3.05) is 19.6 Å². The molecule has 0 bridgehead atoms. The first-order valence-electron chi connectivity index (χ1n) is 5.75. The fourth-order valence-electron chi connectivity index (χ4n) is 1.63. The zero-order chi connectivity index (χ0) is 12.9. The number of aryl methyl sites for hydroxylation is 2. The molecule has 0 atom stereocenters. The Morgan fingerprint density at radius 1 is 1.18 bits per heavy atom. The molecule has 0 spiro atoms. The van der Waals surface area contributed by atoms with Crippen molar-refractivity contribution in [1.29, 1.82) is 0 Å².